The Labute approximate surface area is 175 Å². The molecule has 3 rings (SSSR count). The number of benzene rings is 2. The highest BCUT2D eigenvalue weighted by Crippen LogP contribution is 2.26. The van der Waals surface area contributed by atoms with Crippen molar-refractivity contribution in [3.63, 3.8) is 0 Å². The number of hydrogen-bond acceptors (Lipinski definition) is 6. The maximum atomic E-state index is 12.8. The monoisotopic (exact) mass is 410 g/mol. The molecule has 0 amide bonds. The van der Waals surface area contributed by atoms with Crippen LogP contribution in [0.5, 0.6) is 17.2 Å². The van der Waals surface area contributed by atoms with E-state index in [4.69, 9.17) is 18.6 Å². The van der Waals surface area contributed by atoms with Crippen molar-refractivity contribution in [2.45, 2.75) is 46.6 Å². The largest absolute Gasteiger partial charge is 0.479 e. The maximum Gasteiger partial charge on any atom is 0.347 e. The Kier molecular flexibility index (Phi) is 6.77. The molecule has 0 unspecified atom stereocenters. The van der Waals surface area contributed by atoms with Crippen LogP contribution in [0, 0.1) is 13.8 Å². The maximum absolute atomic E-state index is 12.8. The van der Waals surface area contributed by atoms with Gasteiger partial charge in [-0.05, 0) is 62.1 Å². The number of ether oxygens (including phenoxy) is 3. The summed E-state index contributed by atoms with van der Waals surface area (Å²) < 4.78 is 22.3. The topological polar surface area (TPSA) is 75.0 Å². The van der Waals surface area contributed by atoms with E-state index < -0.39 is 12.1 Å². The molecule has 0 aliphatic heterocycles. The van der Waals surface area contributed by atoms with E-state index in [1.165, 1.54) is 6.26 Å². The minimum atomic E-state index is -0.715. The number of rotatable bonds is 8. The summed E-state index contributed by atoms with van der Waals surface area (Å²) >= 11 is 0. The number of esters is 1. The molecular formula is C24H26O6. The fraction of sp³-hybridized carbons (Fsp3) is 0.333. The van der Waals surface area contributed by atoms with Gasteiger partial charge in [0, 0.05) is 6.07 Å². The van der Waals surface area contributed by atoms with Crippen LogP contribution in [0.2, 0.25) is 0 Å². The number of hydrogen-bond donors (Lipinski definition) is 0. The van der Waals surface area contributed by atoms with E-state index in [2.05, 4.69) is 0 Å². The van der Waals surface area contributed by atoms with Gasteiger partial charge in [0.15, 0.2) is 6.10 Å². The smallest absolute Gasteiger partial charge is 0.347 e. The van der Waals surface area contributed by atoms with E-state index in [9.17, 15) is 9.59 Å². The van der Waals surface area contributed by atoms with E-state index in [0.29, 0.717) is 35.5 Å². The molecular weight excluding hydrogens is 384 g/mol. The quantitative estimate of drug-likeness (QED) is 0.468. The fourth-order valence-electron chi connectivity index (χ4n) is 3.11. The van der Waals surface area contributed by atoms with E-state index in [-0.39, 0.29) is 11.2 Å². The molecule has 1 heterocycles. The second-order valence-corrected chi connectivity index (χ2v) is 7.19. The summed E-state index contributed by atoms with van der Waals surface area (Å²) in [4.78, 5) is 24.9. The molecule has 0 fully saturated rings. The lowest BCUT2D eigenvalue weighted by atomic mass is 10.1. The predicted octanol–water partition coefficient (Wildman–Crippen LogP) is 5.31. The van der Waals surface area contributed by atoms with E-state index in [1.54, 1.807) is 18.2 Å². The molecule has 2 aromatic carbocycles. The Morgan fingerprint density at radius 2 is 1.77 bits per heavy atom. The van der Waals surface area contributed by atoms with Crippen LogP contribution in [0.4, 0.5) is 0 Å². The highest BCUT2D eigenvalue weighted by molar-refractivity contribution is 5.79. The Morgan fingerprint density at radius 1 is 1.03 bits per heavy atom. The Bertz CT molecular complexity index is 1080. The summed E-state index contributed by atoms with van der Waals surface area (Å²) in [5, 5.41) is 0.367. The third-order valence-electron chi connectivity index (χ3n) is 4.50. The van der Waals surface area contributed by atoms with Gasteiger partial charge >= 0.3 is 5.97 Å². The molecule has 158 valence electrons. The van der Waals surface area contributed by atoms with Crippen LogP contribution in [-0.4, -0.2) is 18.7 Å². The van der Waals surface area contributed by atoms with Gasteiger partial charge < -0.3 is 18.6 Å². The minimum absolute atomic E-state index is 0.107. The van der Waals surface area contributed by atoms with Crippen LogP contribution in [0.15, 0.2) is 51.9 Å². The van der Waals surface area contributed by atoms with Crippen molar-refractivity contribution < 1.29 is 23.4 Å². The van der Waals surface area contributed by atoms with Gasteiger partial charge in [0.2, 0.25) is 11.2 Å². The fourth-order valence-corrected chi connectivity index (χ4v) is 3.11. The molecule has 0 bridgehead atoms. The summed E-state index contributed by atoms with van der Waals surface area (Å²) in [5.74, 6) is 0.707. The van der Waals surface area contributed by atoms with E-state index >= 15 is 0 Å². The third-order valence-corrected chi connectivity index (χ3v) is 4.50. The summed E-state index contributed by atoms with van der Waals surface area (Å²) in [6.07, 6.45) is 1.79. The molecule has 0 saturated heterocycles. The lowest BCUT2D eigenvalue weighted by Gasteiger charge is -2.16. The van der Waals surface area contributed by atoms with E-state index in [1.807, 2.05) is 45.9 Å². The third kappa shape index (κ3) is 5.00. The van der Waals surface area contributed by atoms with Crippen LogP contribution >= 0.6 is 0 Å². The lowest BCUT2D eigenvalue weighted by Crippen LogP contribution is -2.28. The molecule has 6 heteroatoms. The van der Waals surface area contributed by atoms with Crippen LogP contribution in [0.25, 0.3) is 11.0 Å². The second-order valence-electron chi connectivity index (χ2n) is 7.19. The van der Waals surface area contributed by atoms with Crippen molar-refractivity contribution in [1.82, 2.24) is 0 Å². The highest BCUT2D eigenvalue weighted by atomic mass is 16.6. The summed E-state index contributed by atoms with van der Waals surface area (Å²) in [5.41, 5.74) is 2.15. The van der Waals surface area contributed by atoms with Crippen LogP contribution in [-0.2, 0) is 9.53 Å². The predicted molar refractivity (Wildman–Crippen MR) is 114 cm³/mol. The molecule has 0 saturated carbocycles. The molecule has 0 radical (unpaired) electrons. The van der Waals surface area contributed by atoms with Gasteiger partial charge in [-0.2, -0.15) is 0 Å². The molecule has 0 spiro atoms. The first-order valence-electron chi connectivity index (χ1n) is 10.1. The molecule has 6 nitrogen and oxygen atoms in total. The van der Waals surface area contributed by atoms with Crippen molar-refractivity contribution >= 4 is 16.9 Å². The average molecular weight is 410 g/mol. The van der Waals surface area contributed by atoms with Gasteiger partial charge in [-0.15, -0.1) is 0 Å². The van der Waals surface area contributed by atoms with Crippen molar-refractivity contribution in [3.05, 3.63) is 64.0 Å². The molecule has 3 aromatic rings. The molecule has 0 aliphatic carbocycles. The molecule has 0 aliphatic rings. The highest BCUT2D eigenvalue weighted by Gasteiger charge is 2.20. The molecule has 0 N–H and O–H groups in total. The van der Waals surface area contributed by atoms with Crippen LogP contribution in [0.1, 0.15) is 37.8 Å². The number of aryl methyl sites for hydroxylation is 2. The van der Waals surface area contributed by atoms with Gasteiger partial charge in [0.25, 0.3) is 0 Å². The zero-order valence-corrected chi connectivity index (χ0v) is 17.7. The van der Waals surface area contributed by atoms with Gasteiger partial charge in [0.1, 0.15) is 23.3 Å². The first kappa shape index (κ1) is 21.4. The summed E-state index contributed by atoms with van der Waals surface area (Å²) in [7, 11) is 0. The number of carbonyl (C=O) groups is 1. The second kappa shape index (κ2) is 9.48. The Balaban J connectivity index is 1.83. The average Bonchev–Trinajstić information content (AvgIpc) is 2.71. The SMILES string of the molecule is CCCOC(=O)[C@H](CC)Oc1ccc2c(=O)c(Oc3cc(C)cc(C)c3)coc2c1. The first-order chi connectivity index (χ1) is 14.4. The van der Waals surface area contributed by atoms with Crippen LogP contribution in [0.3, 0.4) is 0 Å². The van der Waals surface area contributed by atoms with Gasteiger partial charge in [-0.3, -0.25) is 4.79 Å². The van der Waals surface area contributed by atoms with Crippen LogP contribution < -0.4 is 14.9 Å². The summed E-state index contributed by atoms with van der Waals surface area (Å²) in [6, 6.07) is 10.6. The van der Waals surface area contributed by atoms with Crippen molar-refractivity contribution in [3.8, 4) is 17.2 Å². The zero-order chi connectivity index (χ0) is 21.7. The minimum Gasteiger partial charge on any atom is -0.479 e. The Hall–Kier alpha value is -3.28. The van der Waals surface area contributed by atoms with E-state index in [0.717, 1.165) is 17.5 Å². The Morgan fingerprint density at radius 3 is 2.43 bits per heavy atom. The number of carbonyl (C=O) groups excluding carboxylic acids is 1. The summed E-state index contributed by atoms with van der Waals surface area (Å²) in [6.45, 7) is 8.06. The first-order valence-corrected chi connectivity index (χ1v) is 10.1. The van der Waals surface area contributed by atoms with Gasteiger partial charge in [-0.25, -0.2) is 4.79 Å². The standard InChI is InChI=1S/C24H26O6/c1-5-9-27-24(26)20(6-2)29-17-7-8-19-21(13-17)28-14-22(23(19)25)30-18-11-15(3)10-16(4)12-18/h7-8,10-14,20H,5-6,9H2,1-4H3/t20-/m0/s1. The van der Waals surface area contributed by atoms with Crippen molar-refractivity contribution in [2.75, 3.05) is 6.61 Å². The van der Waals surface area contributed by atoms with Crippen molar-refractivity contribution in [2.24, 2.45) is 0 Å². The zero-order valence-electron chi connectivity index (χ0n) is 17.7. The van der Waals surface area contributed by atoms with Crippen molar-refractivity contribution in [1.29, 1.82) is 0 Å². The van der Waals surface area contributed by atoms with Gasteiger partial charge in [-0.1, -0.05) is 19.9 Å². The molecule has 1 atom stereocenters. The molecule has 1 aromatic heterocycles. The number of fused-ring (bicyclic) bond motifs is 1. The lowest BCUT2D eigenvalue weighted by molar-refractivity contribution is -0.152. The molecule has 30 heavy (non-hydrogen) atoms. The van der Waals surface area contributed by atoms with Gasteiger partial charge in [0.05, 0.1) is 12.0 Å². The normalized spacial score (nSPS) is 11.9.